The fourth-order valence-corrected chi connectivity index (χ4v) is 2.27. The summed E-state index contributed by atoms with van der Waals surface area (Å²) >= 11 is 0. The maximum Gasteiger partial charge on any atom is 0.271 e. The minimum absolute atomic E-state index is 0.0584. The summed E-state index contributed by atoms with van der Waals surface area (Å²) < 4.78 is 10.4. The highest BCUT2D eigenvalue weighted by Crippen LogP contribution is 2.29. The average molecular weight is 374 g/mol. The van der Waals surface area contributed by atoms with Crippen LogP contribution in [-0.2, 0) is 4.79 Å². The van der Waals surface area contributed by atoms with Crippen molar-refractivity contribution >= 4 is 29.5 Å². The first-order valence-corrected chi connectivity index (χ1v) is 8.04. The van der Waals surface area contributed by atoms with Crippen LogP contribution in [0.3, 0.4) is 0 Å². The second kappa shape index (κ2) is 8.81. The molecule has 1 aromatic heterocycles. The van der Waals surface area contributed by atoms with Crippen LogP contribution in [0.5, 0.6) is 11.5 Å². The molecule has 144 valence electrons. The Morgan fingerprint density at radius 2 is 1.93 bits per heavy atom. The highest BCUT2D eigenvalue weighted by atomic mass is 16.5. The van der Waals surface area contributed by atoms with Crippen molar-refractivity contribution in [2.75, 3.05) is 24.5 Å². The van der Waals surface area contributed by atoms with Crippen LogP contribution in [0.25, 0.3) is 0 Å². The number of hydrazine groups is 1. The number of primary amides is 1. The summed E-state index contributed by atoms with van der Waals surface area (Å²) in [5.41, 5.74) is 5.88. The van der Waals surface area contributed by atoms with Gasteiger partial charge in [0.1, 0.15) is 17.8 Å². The number of rotatable bonds is 9. The fourth-order valence-electron chi connectivity index (χ4n) is 2.27. The van der Waals surface area contributed by atoms with Gasteiger partial charge in [0.25, 0.3) is 5.91 Å². The van der Waals surface area contributed by atoms with Crippen LogP contribution in [0.2, 0.25) is 0 Å². The molecule has 0 saturated carbocycles. The Morgan fingerprint density at radius 3 is 2.44 bits per heavy atom. The van der Waals surface area contributed by atoms with Gasteiger partial charge in [-0.25, -0.2) is 15.8 Å². The summed E-state index contributed by atoms with van der Waals surface area (Å²) in [6.07, 6.45) is 2.29. The Bertz CT molecular complexity index is 807. The smallest absolute Gasteiger partial charge is 0.271 e. The summed E-state index contributed by atoms with van der Waals surface area (Å²) in [5.74, 6) is 6.71. The van der Waals surface area contributed by atoms with Crippen LogP contribution in [0.1, 0.15) is 23.8 Å². The lowest BCUT2D eigenvalue weighted by Gasteiger charge is -2.24. The molecule has 1 amide bonds. The van der Waals surface area contributed by atoms with Gasteiger partial charge in [-0.1, -0.05) is 0 Å². The van der Waals surface area contributed by atoms with Gasteiger partial charge in [0, 0.05) is 30.3 Å². The maximum atomic E-state index is 11.7. The first-order valence-electron chi connectivity index (χ1n) is 8.04. The lowest BCUT2D eigenvalue weighted by Crippen LogP contribution is -2.40. The van der Waals surface area contributed by atoms with Gasteiger partial charge in [-0.05, 0) is 6.92 Å². The lowest BCUT2D eigenvalue weighted by atomic mass is 10.2. The third-order valence-electron chi connectivity index (χ3n) is 3.78. The van der Waals surface area contributed by atoms with E-state index in [0.717, 1.165) is 6.29 Å². The van der Waals surface area contributed by atoms with Crippen LogP contribution in [0, 0.1) is 0 Å². The van der Waals surface area contributed by atoms with E-state index in [1.807, 2.05) is 0 Å². The van der Waals surface area contributed by atoms with Gasteiger partial charge in [-0.3, -0.25) is 9.80 Å². The molecule has 0 aliphatic carbocycles. The molecule has 0 unspecified atom stereocenters. The topological polar surface area (TPSA) is 146 Å². The number of aromatic nitrogens is 2. The molecule has 0 fully saturated rings. The first kappa shape index (κ1) is 19.9. The molecule has 2 aromatic rings. The third-order valence-corrected chi connectivity index (χ3v) is 3.78. The Balaban J connectivity index is 2.43. The largest absolute Gasteiger partial charge is 0.497 e. The van der Waals surface area contributed by atoms with E-state index in [0.29, 0.717) is 17.2 Å². The molecule has 0 radical (unpaired) electrons. The molecule has 1 heterocycles. The van der Waals surface area contributed by atoms with Crippen molar-refractivity contribution < 1.29 is 19.1 Å². The molecule has 2 rings (SSSR count). The Labute approximate surface area is 156 Å². The Kier molecular flexibility index (Phi) is 6.50. The normalized spacial score (nSPS) is 11.4. The third kappa shape index (κ3) is 4.82. The van der Waals surface area contributed by atoms with Crippen LogP contribution in [0.4, 0.5) is 17.3 Å². The van der Waals surface area contributed by atoms with E-state index >= 15 is 0 Å². The molecule has 0 saturated heterocycles. The maximum absolute atomic E-state index is 11.7. The molecule has 0 bridgehead atoms. The highest BCUT2D eigenvalue weighted by Gasteiger charge is 2.18. The van der Waals surface area contributed by atoms with Gasteiger partial charge in [0.15, 0.2) is 17.3 Å². The van der Waals surface area contributed by atoms with Gasteiger partial charge in [-0.15, -0.1) is 0 Å². The summed E-state index contributed by atoms with van der Waals surface area (Å²) in [7, 11) is 3.04. The molecule has 0 aliphatic heterocycles. The number of aldehydes is 1. The molecule has 0 aliphatic rings. The number of hydrogen-bond donors (Lipinski definition) is 3. The molecule has 0 spiro atoms. The van der Waals surface area contributed by atoms with Crippen molar-refractivity contribution in [2.24, 2.45) is 11.6 Å². The number of methoxy groups -OCH3 is 2. The van der Waals surface area contributed by atoms with Crippen molar-refractivity contribution in [3.63, 3.8) is 0 Å². The van der Waals surface area contributed by atoms with Gasteiger partial charge in [0.2, 0.25) is 0 Å². The van der Waals surface area contributed by atoms with Gasteiger partial charge >= 0.3 is 0 Å². The van der Waals surface area contributed by atoms with E-state index in [4.69, 9.17) is 21.1 Å². The summed E-state index contributed by atoms with van der Waals surface area (Å²) in [5, 5.41) is 4.28. The minimum Gasteiger partial charge on any atom is -0.497 e. The van der Waals surface area contributed by atoms with E-state index < -0.39 is 5.91 Å². The number of nitrogens with one attached hydrogen (secondary N) is 1. The molecule has 1 aromatic carbocycles. The minimum atomic E-state index is -0.754. The van der Waals surface area contributed by atoms with Crippen molar-refractivity contribution in [1.29, 1.82) is 0 Å². The van der Waals surface area contributed by atoms with E-state index in [1.54, 1.807) is 25.1 Å². The van der Waals surface area contributed by atoms with Gasteiger partial charge in [-0.2, -0.15) is 0 Å². The van der Waals surface area contributed by atoms with E-state index in [2.05, 4.69) is 15.3 Å². The number of nitrogens with two attached hydrogens (primary N) is 2. The number of benzene rings is 1. The van der Waals surface area contributed by atoms with Crippen molar-refractivity contribution in [1.82, 2.24) is 9.97 Å². The molecule has 1 atom stereocenters. The Hall–Kier alpha value is -3.40. The van der Waals surface area contributed by atoms with E-state index in [9.17, 15) is 9.59 Å². The number of carbonyl (C=O) groups excluding carboxylic acids is 2. The highest BCUT2D eigenvalue weighted by molar-refractivity contribution is 5.96. The standard InChI is InChI=1S/C17H22N6O4/c1-10(4-5-24)23(19)14-9-20-15(16(18)25)17(22-14)21-11-6-12(26-2)8-13(7-11)27-3/h5-10H,4,19H2,1-3H3,(H2,18,25)(H,21,22)/t10-/m1/s1. The zero-order valence-corrected chi connectivity index (χ0v) is 15.3. The molecular formula is C17H22N6O4. The summed E-state index contributed by atoms with van der Waals surface area (Å²) in [6, 6.07) is 4.78. The predicted octanol–water partition coefficient (Wildman–Crippen LogP) is 0.994. The van der Waals surface area contributed by atoms with E-state index in [1.165, 1.54) is 25.4 Å². The number of ether oxygens (including phenoxy) is 2. The predicted molar refractivity (Wildman–Crippen MR) is 100 cm³/mol. The number of hydrogen-bond acceptors (Lipinski definition) is 9. The SMILES string of the molecule is COc1cc(Nc2nc(N(N)[C@H](C)CC=O)cnc2C(N)=O)cc(OC)c1. The van der Waals surface area contributed by atoms with Gasteiger partial charge in [0.05, 0.1) is 26.5 Å². The average Bonchev–Trinajstić information content (AvgIpc) is 2.66. The summed E-state index contributed by atoms with van der Waals surface area (Å²) in [4.78, 5) is 30.8. The Morgan fingerprint density at radius 1 is 1.30 bits per heavy atom. The number of amides is 1. The molecule has 10 nitrogen and oxygen atoms in total. The lowest BCUT2D eigenvalue weighted by molar-refractivity contribution is -0.108. The van der Waals surface area contributed by atoms with Crippen LogP contribution >= 0.6 is 0 Å². The van der Waals surface area contributed by atoms with Crippen molar-refractivity contribution in [3.8, 4) is 11.5 Å². The van der Waals surface area contributed by atoms with Crippen molar-refractivity contribution in [2.45, 2.75) is 19.4 Å². The second-order valence-corrected chi connectivity index (χ2v) is 5.67. The zero-order valence-electron chi connectivity index (χ0n) is 15.3. The number of anilines is 3. The number of nitrogens with zero attached hydrogens (tertiary/aromatic N) is 3. The molecular weight excluding hydrogens is 352 g/mol. The second-order valence-electron chi connectivity index (χ2n) is 5.67. The van der Waals surface area contributed by atoms with Gasteiger partial charge < -0.3 is 25.3 Å². The van der Waals surface area contributed by atoms with Crippen LogP contribution in [-0.4, -0.2) is 42.4 Å². The molecule has 27 heavy (non-hydrogen) atoms. The van der Waals surface area contributed by atoms with Crippen molar-refractivity contribution in [3.05, 3.63) is 30.1 Å². The monoisotopic (exact) mass is 374 g/mol. The van der Waals surface area contributed by atoms with E-state index in [-0.39, 0.29) is 29.8 Å². The summed E-state index contributed by atoms with van der Waals surface area (Å²) in [6.45, 7) is 1.76. The molecule has 10 heteroatoms. The quantitative estimate of drug-likeness (QED) is 0.332. The zero-order chi connectivity index (χ0) is 20.0. The fraction of sp³-hybridized carbons (Fsp3) is 0.294. The molecule has 5 N–H and O–H groups in total. The van der Waals surface area contributed by atoms with Crippen LogP contribution < -0.4 is 31.4 Å². The first-order chi connectivity index (χ1) is 12.9. The van der Waals surface area contributed by atoms with Crippen LogP contribution in [0.15, 0.2) is 24.4 Å². The number of carbonyl (C=O) groups is 2.